The molecule has 0 fully saturated rings. The Balaban J connectivity index is 1.53. The van der Waals surface area contributed by atoms with E-state index in [-0.39, 0.29) is 5.92 Å². The quantitative estimate of drug-likeness (QED) is 0.222. The second-order valence-corrected chi connectivity index (χ2v) is 8.77. The zero-order chi connectivity index (χ0) is 22.5. The van der Waals surface area contributed by atoms with Crippen LogP contribution in [0.5, 0.6) is 5.75 Å². The summed E-state index contributed by atoms with van der Waals surface area (Å²) in [5.41, 5.74) is 5.49. The van der Waals surface area contributed by atoms with Crippen molar-refractivity contribution >= 4 is 33.0 Å². The van der Waals surface area contributed by atoms with Crippen LogP contribution in [-0.4, -0.2) is 4.98 Å². The summed E-state index contributed by atoms with van der Waals surface area (Å²) < 4.78 is 7.26. The molecule has 2 heterocycles. The zero-order valence-corrected chi connectivity index (χ0v) is 19.4. The number of halogens is 1. The summed E-state index contributed by atoms with van der Waals surface area (Å²) in [7, 11) is 0. The summed E-state index contributed by atoms with van der Waals surface area (Å²) in [5.74, 6) is 6.72. The number of hydrogen-bond acceptors (Lipinski definition) is 4. The molecule has 2 aromatic heterocycles. The van der Waals surface area contributed by atoms with Gasteiger partial charge in [-0.15, -0.1) is 17.3 Å². The molecule has 2 aromatic carbocycles. The Hall–Kier alpha value is -3.31. The Bertz CT molecular complexity index is 1360. The van der Waals surface area contributed by atoms with Crippen molar-refractivity contribution in [3.8, 4) is 34.8 Å². The van der Waals surface area contributed by atoms with E-state index < -0.39 is 0 Å². The third-order valence-electron chi connectivity index (χ3n) is 5.30. The lowest BCUT2D eigenvalue weighted by molar-refractivity contribution is 0.306. The molecule has 0 amide bonds. The molecule has 0 saturated heterocycles. The molecule has 0 aliphatic carbocycles. The minimum absolute atomic E-state index is 0.0661. The highest BCUT2D eigenvalue weighted by Crippen LogP contribution is 2.37. The predicted octanol–water partition coefficient (Wildman–Crippen LogP) is 7.52. The van der Waals surface area contributed by atoms with E-state index in [1.54, 1.807) is 18.3 Å². The molecule has 3 nitrogen and oxygen atoms in total. The minimum Gasteiger partial charge on any atom is -0.489 e. The Labute approximate surface area is 197 Å². The number of aromatic nitrogens is 1. The van der Waals surface area contributed by atoms with E-state index in [1.807, 2.05) is 43.5 Å². The van der Waals surface area contributed by atoms with Gasteiger partial charge in [-0.05, 0) is 71.8 Å². The topological polar surface area (TPSA) is 45.9 Å². The van der Waals surface area contributed by atoms with Gasteiger partial charge in [0.1, 0.15) is 17.5 Å². The summed E-state index contributed by atoms with van der Waals surface area (Å²) in [4.78, 5) is 4.17. The molecule has 4 aromatic rings. The molecule has 32 heavy (non-hydrogen) atoms. The molecule has 0 radical (unpaired) electrons. The number of fused-ring (bicyclic) bond motifs is 1. The van der Waals surface area contributed by atoms with Crippen molar-refractivity contribution in [2.24, 2.45) is 0 Å². The molecule has 5 heteroatoms. The Kier molecular flexibility index (Phi) is 6.76. The van der Waals surface area contributed by atoms with E-state index >= 15 is 0 Å². The van der Waals surface area contributed by atoms with Gasteiger partial charge in [-0.25, -0.2) is 4.98 Å². The van der Waals surface area contributed by atoms with Crippen LogP contribution in [0.25, 0.3) is 21.2 Å². The number of aryl methyl sites for hydroxylation is 1. The molecule has 1 atom stereocenters. The van der Waals surface area contributed by atoms with Crippen LogP contribution in [-0.2, 0) is 6.61 Å². The van der Waals surface area contributed by atoms with Crippen LogP contribution in [0, 0.1) is 30.1 Å². The van der Waals surface area contributed by atoms with Gasteiger partial charge < -0.3 is 4.74 Å². The van der Waals surface area contributed by atoms with Crippen LogP contribution in [0.15, 0.2) is 60.1 Å². The van der Waals surface area contributed by atoms with Gasteiger partial charge >= 0.3 is 0 Å². The number of thiophene rings is 1. The van der Waals surface area contributed by atoms with Gasteiger partial charge in [0.15, 0.2) is 0 Å². The summed E-state index contributed by atoms with van der Waals surface area (Å²) in [6, 6.07) is 18.4. The molecule has 0 saturated carbocycles. The van der Waals surface area contributed by atoms with Gasteiger partial charge in [-0.1, -0.05) is 35.7 Å². The van der Waals surface area contributed by atoms with Crippen LogP contribution in [0.3, 0.4) is 0 Å². The number of benzene rings is 2. The van der Waals surface area contributed by atoms with Crippen LogP contribution < -0.4 is 4.74 Å². The molecular weight excluding hydrogens is 436 g/mol. The van der Waals surface area contributed by atoms with Gasteiger partial charge in [0.25, 0.3) is 0 Å². The third kappa shape index (κ3) is 4.78. The summed E-state index contributed by atoms with van der Waals surface area (Å²) in [6.07, 6.45) is 2.19. The van der Waals surface area contributed by atoms with E-state index in [0.29, 0.717) is 18.2 Å². The number of nitrogens with zero attached hydrogens (tertiary/aromatic N) is 2. The molecule has 158 valence electrons. The van der Waals surface area contributed by atoms with Crippen molar-refractivity contribution < 1.29 is 4.74 Å². The molecule has 0 unspecified atom stereocenters. The fraction of sp³-hybridized carbons (Fsp3) is 0.185. The summed E-state index contributed by atoms with van der Waals surface area (Å²) in [6.45, 7) is 4.31. The fourth-order valence-electron chi connectivity index (χ4n) is 3.64. The van der Waals surface area contributed by atoms with Crippen molar-refractivity contribution in [3.05, 3.63) is 82.0 Å². The molecule has 0 N–H and O–H groups in total. The van der Waals surface area contributed by atoms with E-state index in [9.17, 15) is 0 Å². The number of pyridine rings is 1. The highest BCUT2D eigenvalue weighted by molar-refractivity contribution is 7.17. The molecule has 0 aliphatic heterocycles. The first kappa shape index (κ1) is 21.9. The number of hydrogen-bond donors (Lipinski definition) is 0. The monoisotopic (exact) mass is 456 g/mol. The SMILES string of the molecule is CC#C[C@@H](CC#N)c1ccc(OCc2ccc3scc(-c4cc(Cl)ncc4C)c3c2)cc1. The average molecular weight is 457 g/mol. The number of ether oxygens (including phenoxy) is 1. The Morgan fingerprint density at radius 1 is 1.12 bits per heavy atom. The smallest absolute Gasteiger partial charge is 0.129 e. The van der Waals surface area contributed by atoms with Crippen LogP contribution in [0.1, 0.15) is 36.0 Å². The standard InChI is InChI=1S/C27H21ClN2OS/c1-3-4-20(11-12-29)21-6-8-22(9-7-21)31-16-19-5-10-26-24(13-19)25(17-32-26)23-14-27(28)30-15-18(23)2/h5-10,13-15,17,20H,11,16H2,1-2H3/t20-/m0/s1. The van der Waals surface area contributed by atoms with Gasteiger partial charge in [0.2, 0.25) is 0 Å². The lowest BCUT2D eigenvalue weighted by atomic mass is 9.97. The molecule has 0 aliphatic rings. The van der Waals surface area contributed by atoms with E-state index in [4.69, 9.17) is 21.6 Å². The summed E-state index contributed by atoms with van der Waals surface area (Å²) >= 11 is 7.87. The number of nitriles is 1. The lowest BCUT2D eigenvalue weighted by Crippen LogP contribution is -1.97. The predicted molar refractivity (Wildman–Crippen MR) is 132 cm³/mol. The number of rotatable bonds is 6. The zero-order valence-electron chi connectivity index (χ0n) is 17.9. The third-order valence-corrected chi connectivity index (χ3v) is 6.47. The highest BCUT2D eigenvalue weighted by atomic mass is 35.5. The second kappa shape index (κ2) is 9.88. The van der Waals surface area contributed by atoms with E-state index in [2.05, 4.69) is 46.5 Å². The largest absolute Gasteiger partial charge is 0.489 e. The normalized spacial score (nSPS) is 11.4. The van der Waals surface area contributed by atoms with E-state index in [1.165, 1.54) is 15.6 Å². The lowest BCUT2D eigenvalue weighted by Gasteiger charge is -2.10. The van der Waals surface area contributed by atoms with Crippen molar-refractivity contribution in [1.82, 2.24) is 4.98 Å². The van der Waals surface area contributed by atoms with Crippen LogP contribution >= 0.6 is 22.9 Å². The van der Waals surface area contributed by atoms with Crippen LogP contribution in [0.4, 0.5) is 0 Å². The first-order valence-corrected chi connectivity index (χ1v) is 11.5. The Morgan fingerprint density at radius 3 is 2.69 bits per heavy atom. The van der Waals surface area contributed by atoms with Gasteiger partial charge in [-0.2, -0.15) is 5.26 Å². The van der Waals surface area contributed by atoms with Gasteiger partial charge in [0.05, 0.1) is 18.4 Å². The summed E-state index contributed by atoms with van der Waals surface area (Å²) in [5, 5.41) is 12.9. The van der Waals surface area contributed by atoms with Crippen molar-refractivity contribution in [3.63, 3.8) is 0 Å². The Morgan fingerprint density at radius 2 is 1.94 bits per heavy atom. The maximum Gasteiger partial charge on any atom is 0.129 e. The van der Waals surface area contributed by atoms with Crippen LogP contribution in [0.2, 0.25) is 5.15 Å². The molecule has 0 spiro atoms. The van der Waals surface area contributed by atoms with Gasteiger partial charge in [0, 0.05) is 21.8 Å². The second-order valence-electron chi connectivity index (χ2n) is 7.47. The molecule has 0 bridgehead atoms. The average Bonchev–Trinajstić information content (AvgIpc) is 3.22. The molecule has 4 rings (SSSR count). The first-order valence-electron chi connectivity index (χ1n) is 10.2. The maximum atomic E-state index is 9.02. The fourth-order valence-corrected chi connectivity index (χ4v) is 4.74. The highest BCUT2D eigenvalue weighted by Gasteiger charge is 2.12. The molecular formula is C27H21ClN2OS. The minimum atomic E-state index is -0.0661. The van der Waals surface area contributed by atoms with Crippen molar-refractivity contribution in [2.45, 2.75) is 32.8 Å². The van der Waals surface area contributed by atoms with E-state index in [0.717, 1.165) is 28.0 Å². The maximum absolute atomic E-state index is 9.02. The van der Waals surface area contributed by atoms with Gasteiger partial charge in [-0.3, -0.25) is 0 Å². The van der Waals surface area contributed by atoms with Crippen molar-refractivity contribution in [1.29, 1.82) is 5.26 Å². The first-order chi connectivity index (χ1) is 15.6. The van der Waals surface area contributed by atoms with Crippen molar-refractivity contribution in [2.75, 3.05) is 0 Å².